The molecule has 0 saturated carbocycles. The van der Waals surface area contributed by atoms with Crippen molar-refractivity contribution in [1.29, 1.82) is 0 Å². The van der Waals surface area contributed by atoms with Gasteiger partial charge in [-0.3, -0.25) is 9.36 Å². The van der Waals surface area contributed by atoms with Gasteiger partial charge in [-0.15, -0.1) is 0 Å². The van der Waals surface area contributed by atoms with Gasteiger partial charge in [-0.25, -0.2) is 4.98 Å². The molecule has 17 heavy (non-hydrogen) atoms. The Labute approximate surface area is 101 Å². The molecule has 1 heterocycles. The highest BCUT2D eigenvalue weighted by molar-refractivity contribution is 5.82. The molecule has 0 aliphatic carbocycles. The second-order valence-electron chi connectivity index (χ2n) is 5.47. The highest BCUT2D eigenvalue weighted by Crippen LogP contribution is 2.27. The van der Waals surface area contributed by atoms with Crippen molar-refractivity contribution < 1.29 is 0 Å². The number of nitrogens with zero attached hydrogens (tertiary/aromatic N) is 2. The molecule has 3 nitrogen and oxygen atoms in total. The molecule has 0 atom stereocenters. The Hall–Kier alpha value is -1.64. The number of hydrogen-bond donors (Lipinski definition) is 0. The van der Waals surface area contributed by atoms with Gasteiger partial charge in [-0.2, -0.15) is 0 Å². The zero-order chi connectivity index (χ0) is 12.8. The first kappa shape index (κ1) is 11.8. The normalized spacial score (nSPS) is 12.1. The first-order valence-electron chi connectivity index (χ1n) is 5.79. The zero-order valence-corrected chi connectivity index (χ0v) is 11.0. The van der Waals surface area contributed by atoms with Crippen LogP contribution in [0.25, 0.3) is 10.9 Å². The first-order valence-corrected chi connectivity index (χ1v) is 5.79. The fourth-order valence-corrected chi connectivity index (χ4v) is 2.05. The Balaban J connectivity index is 3.00. The van der Waals surface area contributed by atoms with Gasteiger partial charge in [0, 0.05) is 7.05 Å². The average molecular weight is 230 g/mol. The van der Waals surface area contributed by atoms with E-state index in [-0.39, 0.29) is 11.0 Å². The summed E-state index contributed by atoms with van der Waals surface area (Å²) in [6, 6.07) is 5.88. The van der Waals surface area contributed by atoms with Crippen LogP contribution in [0.3, 0.4) is 0 Å². The molecule has 0 aliphatic heterocycles. The summed E-state index contributed by atoms with van der Waals surface area (Å²) in [5, 5.41) is 0.744. The van der Waals surface area contributed by atoms with E-state index in [0.29, 0.717) is 0 Å². The molecule has 0 radical (unpaired) electrons. The van der Waals surface area contributed by atoms with Crippen molar-refractivity contribution in [3.63, 3.8) is 0 Å². The predicted octanol–water partition coefficient (Wildman–Crippen LogP) is 2.54. The molecule has 2 aromatic rings. The fraction of sp³-hybridized carbons (Fsp3) is 0.429. The van der Waals surface area contributed by atoms with Gasteiger partial charge in [-0.1, -0.05) is 32.9 Å². The van der Waals surface area contributed by atoms with Gasteiger partial charge in [0.05, 0.1) is 10.9 Å². The largest absolute Gasteiger partial charge is 0.299 e. The Kier molecular flexibility index (Phi) is 2.57. The SMILES string of the molecule is Cc1nc2cccc(C(C)(C)C)c2c(=O)n1C. The van der Waals surface area contributed by atoms with E-state index in [4.69, 9.17) is 0 Å². The minimum absolute atomic E-state index is 0.0398. The number of aromatic nitrogens is 2. The summed E-state index contributed by atoms with van der Waals surface area (Å²) >= 11 is 0. The number of fused-ring (bicyclic) bond motifs is 1. The van der Waals surface area contributed by atoms with Gasteiger partial charge in [0.2, 0.25) is 0 Å². The van der Waals surface area contributed by atoms with Gasteiger partial charge < -0.3 is 0 Å². The fourth-order valence-electron chi connectivity index (χ4n) is 2.05. The Bertz CT molecular complexity index is 633. The van der Waals surface area contributed by atoms with Crippen LogP contribution < -0.4 is 5.56 Å². The van der Waals surface area contributed by atoms with Crippen LogP contribution >= 0.6 is 0 Å². The van der Waals surface area contributed by atoms with Crippen molar-refractivity contribution in [2.45, 2.75) is 33.1 Å². The molecule has 90 valence electrons. The predicted molar refractivity (Wildman–Crippen MR) is 70.4 cm³/mol. The molecule has 2 rings (SSSR count). The van der Waals surface area contributed by atoms with Crippen LogP contribution in [0.4, 0.5) is 0 Å². The molecule has 0 saturated heterocycles. The summed E-state index contributed by atoms with van der Waals surface area (Å²) in [5.41, 5.74) is 1.84. The maximum Gasteiger partial charge on any atom is 0.261 e. The molecule has 0 N–H and O–H groups in total. The Morgan fingerprint density at radius 1 is 1.24 bits per heavy atom. The van der Waals surface area contributed by atoms with Crippen molar-refractivity contribution in [1.82, 2.24) is 9.55 Å². The van der Waals surface area contributed by atoms with Crippen molar-refractivity contribution >= 4 is 10.9 Å². The summed E-state index contributed by atoms with van der Waals surface area (Å²) in [6.45, 7) is 8.19. The van der Waals surface area contributed by atoms with Crippen LogP contribution in [0.5, 0.6) is 0 Å². The van der Waals surface area contributed by atoms with E-state index in [0.717, 1.165) is 22.3 Å². The van der Waals surface area contributed by atoms with Crippen molar-refractivity contribution in [3.8, 4) is 0 Å². The quantitative estimate of drug-likeness (QED) is 0.697. The van der Waals surface area contributed by atoms with Crippen LogP contribution in [0.2, 0.25) is 0 Å². The van der Waals surface area contributed by atoms with E-state index in [9.17, 15) is 4.79 Å². The summed E-state index contributed by atoms with van der Waals surface area (Å²) < 4.78 is 1.61. The molecule has 0 unspecified atom stereocenters. The molecule has 0 bridgehead atoms. The van der Waals surface area contributed by atoms with Gasteiger partial charge in [-0.05, 0) is 24.0 Å². The molecule has 1 aromatic heterocycles. The molecule has 0 spiro atoms. The number of aryl methyl sites for hydroxylation is 1. The molecule has 0 fully saturated rings. The van der Waals surface area contributed by atoms with E-state index in [1.54, 1.807) is 11.6 Å². The second-order valence-corrected chi connectivity index (χ2v) is 5.47. The molecular weight excluding hydrogens is 212 g/mol. The summed E-state index contributed by atoms with van der Waals surface area (Å²) in [6.07, 6.45) is 0. The molecule has 3 heteroatoms. The van der Waals surface area contributed by atoms with Gasteiger partial charge in [0.1, 0.15) is 5.82 Å². The van der Waals surface area contributed by atoms with Crippen LogP contribution in [0.1, 0.15) is 32.2 Å². The Morgan fingerprint density at radius 2 is 1.88 bits per heavy atom. The maximum absolute atomic E-state index is 12.3. The van der Waals surface area contributed by atoms with E-state index in [1.807, 2.05) is 25.1 Å². The summed E-state index contributed by atoms with van der Waals surface area (Å²) in [4.78, 5) is 16.8. The van der Waals surface area contributed by atoms with E-state index in [1.165, 1.54) is 0 Å². The third-order valence-electron chi connectivity index (χ3n) is 3.14. The highest BCUT2D eigenvalue weighted by atomic mass is 16.1. The van der Waals surface area contributed by atoms with Gasteiger partial charge in [0.25, 0.3) is 5.56 Å². The topological polar surface area (TPSA) is 34.9 Å². The summed E-state index contributed by atoms with van der Waals surface area (Å²) in [7, 11) is 1.77. The lowest BCUT2D eigenvalue weighted by molar-refractivity contribution is 0.594. The van der Waals surface area contributed by atoms with E-state index < -0.39 is 0 Å². The zero-order valence-electron chi connectivity index (χ0n) is 11.0. The van der Waals surface area contributed by atoms with Crippen molar-refractivity contribution in [3.05, 3.63) is 39.9 Å². The lowest BCUT2D eigenvalue weighted by Gasteiger charge is -2.21. The van der Waals surface area contributed by atoms with Gasteiger partial charge >= 0.3 is 0 Å². The standard InChI is InChI=1S/C14H18N2O/c1-9-15-11-8-6-7-10(14(2,3)4)12(11)13(17)16(9)5/h6-8H,1-5H3. The average Bonchev–Trinajstić information content (AvgIpc) is 2.24. The van der Waals surface area contributed by atoms with Crippen molar-refractivity contribution in [2.24, 2.45) is 7.05 Å². The highest BCUT2D eigenvalue weighted by Gasteiger charge is 2.19. The van der Waals surface area contributed by atoms with E-state index in [2.05, 4.69) is 25.8 Å². The van der Waals surface area contributed by atoms with E-state index >= 15 is 0 Å². The molecule has 0 amide bonds. The van der Waals surface area contributed by atoms with Gasteiger partial charge in [0.15, 0.2) is 0 Å². The lowest BCUT2D eigenvalue weighted by atomic mass is 9.85. The number of benzene rings is 1. The minimum Gasteiger partial charge on any atom is -0.299 e. The van der Waals surface area contributed by atoms with Crippen LogP contribution in [0.15, 0.2) is 23.0 Å². The van der Waals surface area contributed by atoms with Crippen LogP contribution in [-0.2, 0) is 12.5 Å². The van der Waals surface area contributed by atoms with Crippen LogP contribution in [0, 0.1) is 6.92 Å². The van der Waals surface area contributed by atoms with Crippen LogP contribution in [-0.4, -0.2) is 9.55 Å². The third-order valence-corrected chi connectivity index (χ3v) is 3.14. The minimum atomic E-state index is -0.0530. The number of hydrogen-bond acceptors (Lipinski definition) is 2. The lowest BCUT2D eigenvalue weighted by Crippen LogP contribution is -2.24. The second kappa shape index (κ2) is 3.69. The Morgan fingerprint density at radius 3 is 2.47 bits per heavy atom. The smallest absolute Gasteiger partial charge is 0.261 e. The first-order chi connectivity index (χ1) is 7.82. The third kappa shape index (κ3) is 1.86. The monoisotopic (exact) mass is 230 g/mol. The summed E-state index contributed by atoms with van der Waals surface area (Å²) in [5.74, 6) is 0.744. The van der Waals surface area contributed by atoms with Crippen molar-refractivity contribution in [2.75, 3.05) is 0 Å². The molecular formula is C14H18N2O. The molecule has 1 aromatic carbocycles. The molecule has 0 aliphatic rings. The number of rotatable bonds is 0. The maximum atomic E-state index is 12.3.